The van der Waals surface area contributed by atoms with E-state index >= 15 is 0 Å². The van der Waals surface area contributed by atoms with Gasteiger partial charge in [0, 0.05) is 12.1 Å². The second-order valence-corrected chi connectivity index (χ2v) is 7.70. The summed E-state index contributed by atoms with van der Waals surface area (Å²) in [7, 11) is 1.41. The van der Waals surface area contributed by atoms with Gasteiger partial charge in [-0.05, 0) is 42.0 Å². The van der Waals surface area contributed by atoms with Crippen molar-refractivity contribution in [2.75, 3.05) is 12.4 Å². The highest BCUT2D eigenvalue weighted by molar-refractivity contribution is 8.15. The molecule has 2 aromatic rings. The molecule has 3 N–H and O–H groups in total. The molecule has 1 aliphatic rings. The number of rotatable bonds is 6. The Hall–Kier alpha value is -3.54. The van der Waals surface area contributed by atoms with Gasteiger partial charge in [0.2, 0.25) is 11.8 Å². The van der Waals surface area contributed by atoms with Gasteiger partial charge in [-0.25, -0.2) is 0 Å². The van der Waals surface area contributed by atoms with E-state index in [-0.39, 0.29) is 28.8 Å². The zero-order chi connectivity index (χ0) is 23.3. The number of thioether (sulfide) groups is 1. The third kappa shape index (κ3) is 6.00. The third-order valence-electron chi connectivity index (χ3n) is 4.18. The molecule has 0 radical (unpaired) electrons. The van der Waals surface area contributed by atoms with Crippen molar-refractivity contribution in [1.82, 2.24) is 5.32 Å². The van der Waals surface area contributed by atoms with Gasteiger partial charge < -0.3 is 20.5 Å². The first-order valence-electron chi connectivity index (χ1n) is 9.08. The van der Waals surface area contributed by atoms with Crippen molar-refractivity contribution in [2.45, 2.75) is 17.8 Å². The standard InChI is InChI=1S/C20H17F3N4O4S/c1-31-15-7-11(5-6-14(15)28)10-24-27-19-26-18(30)16(32-19)9-17(29)25-13-4-2-3-12(8-13)20(21,22)23/h2-8,10,16,28H,9H2,1H3,(H,25,29)(H,26,27,30). The number of methoxy groups -OCH3 is 1. The van der Waals surface area contributed by atoms with Crippen LogP contribution in [0.5, 0.6) is 11.5 Å². The van der Waals surface area contributed by atoms with Crippen LogP contribution in [0.2, 0.25) is 0 Å². The molecule has 0 aromatic heterocycles. The predicted octanol–water partition coefficient (Wildman–Crippen LogP) is 3.37. The summed E-state index contributed by atoms with van der Waals surface area (Å²) in [6.07, 6.45) is -3.40. The van der Waals surface area contributed by atoms with Gasteiger partial charge in [0.15, 0.2) is 16.7 Å². The Morgan fingerprint density at radius 1 is 1.31 bits per heavy atom. The molecule has 1 atom stereocenters. The summed E-state index contributed by atoms with van der Waals surface area (Å²) in [6.45, 7) is 0. The molecule has 0 spiro atoms. The molecule has 32 heavy (non-hydrogen) atoms. The lowest BCUT2D eigenvalue weighted by Gasteiger charge is -2.10. The fraction of sp³-hybridized carbons (Fsp3) is 0.200. The minimum Gasteiger partial charge on any atom is -0.504 e. The molecule has 1 heterocycles. The Labute approximate surface area is 184 Å². The molecule has 2 aromatic carbocycles. The fourth-order valence-electron chi connectivity index (χ4n) is 2.66. The number of nitrogens with one attached hydrogen (secondary N) is 2. The highest BCUT2D eigenvalue weighted by Crippen LogP contribution is 2.31. The number of phenols is 1. The molecule has 1 aliphatic heterocycles. The number of carbonyl (C=O) groups is 2. The van der Waals surface area contributed by atoms with Gasteiger partial charge in [0.1, 0.15) is 5.25 Å². The number of hydrogen-bond acceptors (Lipinski definition) is 7. The number of amides is 2. The van der Waals surface area contributed by atoms with Gasteiger partial charge >= 0.3 is 6.18 Å². The first kappa shape index (κ1) is 23.1. The minimum absolute atomic E-state index is 0.0175. The van der Waals surface area contributed by atoms with Crippen LogP contribution in [0.25, 0.3) is 0 Å². The molecule has 1 fully saturated rings. The summed E-state index contributed by atoms with van der Waals surface area (Å²) in [6, 6.07) is 8.78. The normalized spacial score (nSPS) is 17.6. The van der Waals surface area contributed by atoms with Crippen molar-refractivity contribution in [2.24, 2.45) is 10.2 Å². The number of anilines is 1. The zero-order valence-electron chi connectivity index (χ0n) is 16.5. The molecule has 2 amide bonds. The van der Waals surface area contributed by atoms with E-state index in [1.807, 2.05) is 0 Å². The van der Waals surface area contributed by atoms with Crippen LogP contribution < -0.4 is 15.4 Å². The van der Waals surface area contributed by atoms with E-state index in [4.69, 9.17) is 4.74 Å². The smallest absolute Gasteiger partial charge is 0.416 e. The SMILES string of the molecule is COc1cc(C=NN=C2NC(=O)C(CC(=O)Nc3cccc(C(F)(F)F)c3)S2)ccc1O. The zero-order valence-corrected chi connectivity index (χ0v) is 17.3. The van der Waals surface area contributed by atoms with Gasteiger partial charge in [0.25, 0.3) is 0 Å². The number of nitrogens with zero attached hydrogens (tertiary/aromatic N) is 2. The number of hydrogen-bond donors (Lipinski definition) is 3. The van der Waals surface area contributed by atoms with Crippen LogP contribution in [0.4, 0.5) is 18.9 Å². The minimum atomic E-state index is -4.53. The first-order valence-corrected chi connectivity index (χ1v) is 9.96. The van der Waals surface area contributed by atoms with Gasteiger partial charge in [-0.1, -0.05) is 17.8 Å². The van der Waals surface area contributed by atoms with E-state index in [1.165, 1.54) is 31.5 Å². The van der Waals surface area contributed by atoms with E-state index in [9.17, 15) is 27.9 Å². The number of benzene rings is 2. The highest BCUT2D eigenvalue weighted by atomic mass is 32.2. The van der Waals surface area contributed by atoms with Crippen LogP contribution >= 0.6 is 11.8 Å². The highest BCUT2D eigenvalue weighted by Gasteiger charge is 2.33. The second kappa shape index (κ2) is 9.73. The second-order valence-electron chi connectivity index (χ2n) is 6.51. The molecular weight excluding hydrogens is 449 g/mol. The van der Waals surface area contributed by atoms with E-state index in [0.29, 0.717) is 5.56 Å². The van der Waals surface area contributed by atoms with Crippen LogP contribution in [-0.4, -0.2) is 40.7 Å². The van der Waals surface area contributed by atoms with E-state index in [1.54, 1.807) is 12.1 Å². The molecule has 168 valence electrons. The van der Waals surface area contributed by atoms with Crippen LogP contribution in [0.15, 0.2) is 52.7 Å². The number of ether oxygens (including phenoxy) is 1. The van der Waals surface area contributed by atoms with Crippen LogP contribution in [-0.2, 0) is 15.8 Å². The van der Waals surface area contributed by atoms with Gasteiger partial charge in [-0.3, -0.25) is 9.59 Å². The Morgan fingerprint density at radius 2 is 2.09 bits per heavy atom. The Bertz CT molecular complexity index is 1090. The quantitative estimate of drug-likeness (QED) is 0.446. The Morgan fingerprint density at radius 3 is 2.81 bits per heavy atom. The topological polar surface area (TPSA) is 112 Å². The van der Waals surface area contributed by atoms with Crippen molar-refractivity contribution in [3.05, 3.63) is 53.6 Å². The third-order valence-corrected chi connectivity index (χ3v) is 5.25. The van der Waals surface area contributed by atoms with E-state index in [0.717, 1.165) is 23.9 Å². The van der Waals surface area contributed by atoms with Gasteiger partial charge in [0.05, 0.1) is 18.9 Å². The first-order chi connectivity index (χ1) is 15.2. The largest absolute Gasteiger partial charge is 0.504 e. The van der Waals surface area contributed by atoms with Crippen molar-refractivity contribution in [3.8, 4) is 11.5 Å². The lowest BCUT2D eigenvalue weighted by atomic mass is 10.2. The van der Waals surface area contributed by atoms with Crippen molar-refractivity contribution in [3.63, 3.8) is 0 Å². The molecule has 3 rings (SSSR count). The molecule has 1 unspecified atom stereocenters. The summed E-state index contributed by atoms with van der Waals surface area (Å²) in [4.78, 5) is 24.3. The lowest BCUT2D eigenvalue weighted by molar-refractivity contribution is -0.137. The monoisotopic (exact) mass is 466 g/mol. The number of amidine groups is 1. The molecule has 12 heteroatoms. The number of aromatic hydroxyl groups is 1. The molecule has 0 aliphatic carbocycles. The molecule has 8 nitrogen and oxygen atoms in total. The maximum absolute atomic E-state index is 12.8. The number of phenolic OH excluding ortho intramolecular Hbond substituents is 1. The van der Waals surface area contributed by atoms with Crippen molar-refractivity contribution >= 4 is 40.6 Å². The lowest BCUT2D eigenvalue weighted by Crippen LogP contribution is -2.28. The molecule has 1 saturated heterocycles. The van der Waals surface area contributed by atoms with Crippen LogP contribution in [0.1, 0.15) is 17.5 Å². The number of halogens is 3. The Kier molecular flexibility index (Phi) is 7.03. The average Bonchev–Trinajstić information content (AvgIpc) is 3.07. The maximum Gasteiger partial charge on any atom is 0.416 e. The van der Waals surface area contributed by atoms with Crippen molar-refractivity contribution < 1.29 is 32.6 Å². The van der Waals surface area contributed by atoms with E-state index < -0.39 is 28.8 Å². The molecule has 0 bridgehead atoms. The van der Waals surface area contributed by atoms with Crippen LogP contribution in [0, 0.1) is 0 Å². The average molecular weight is 466 g/mol. The summed E-state index contributed by atoms with van der Waals surface area (Å²) in [5.74, 6) is -0.842. The molecule has 0 saturated carbocycles. The van der Waals surface area contributed by atoms with Crippen LogP contribution in [0.3, 0.4) is 0 Å². The maximum atomic E-state index is 12.8. The predicted molar refractivity (Wildman–Crippen MR) is 114 cm³/mol. The van der Waals surface area contributed by atoms with Gasteiger partial charge in [-0.2, -0.15) is 18.3 Å². The molecular formula is C20H17F3N4O4S. The fourth-order valence-corrected chi connectivity index (χ4v) is 3.59. The summed E-state index contributed by atoms with van der Waals surface area (Å²) in [5.41, 5.74) is -0.312. The summed E-state index contributed by atoms with van der Waals surface area (Å²) >= 11 is 0.980. The number of alkyl halides is 3. The Balaban J connectivity index is 1.58. The summed E-state index contributed by atoms with van der Waals surface area (Å²) in [5, 5.41) is 21.5. The number of carbonyl (C=O) groups excluding carboxylic acids is 2. The van der Waals surface area contributed by atoms with Gasteiger partial charge in [-0.15, -0.1) is 5.10 Å². The van der Waals surface area contributed by atoms with E-state index in [2.05, 4.69) is 20.8 Å². The van der Waals surface area contributed by atoms with Crippen molar-refractivity contribution in [1.29, 1.82) is 0 Å². The summed E-state index contributed by atoms with van der Waals surface area (Å²) < 4.78 is 43.3.